The molecule has 5 heteroatoms. The van der Waals surface area contributed by atoms with Gasteiger partial charge in [-0.3, -0.25) is 10.8 Å². The van der Waals surface area contributed by atoms with Crippen LogP contribution < -0.4 is 10.6 Å². The number of rotatable bonds is 1. The van der Waals surface area contributed by atoms with Crippen LogP contribution in [0, 0.1) is 10.8 Å². The number of nitrogens with two attached hydrogens (primary N) is 1. The normalized spacial score (nSPS) is 14.3. The molecule has 142 valence electrons. The van der Waals surface area contributed by atoms with E-state index in [1.807, 2.05) is 60.7 Å². The van der Waals surface area contributed by atoms with Crippen LogP contribution in [0.5, 0.6) is 0 Å². The maximum Gasteiger partial charge on any atom is 0.0810 e. The molecule has 0 bridgehead atoms. The first-order chi connectivity index (χ1) is 14.1. The van der Waals surface area contributed by atoms with E-state index in [9.17, 15) is 0 Å². The fourth-order valence-electron chi connectivity index (χ4n) is 3.11. The molecule has 0 radical (unpaired) electrons. The predicted octanol–water partition coefficient (Wildman–Crippen LogP) is 6.05. The van der Waals surface area contributed by atoms with Gasteiger partial charge in [-0.1, -0.05) is 54.2 Å². The highest BCUT2D eigenvalue weighted by atomic mass is 32.2. The van der Waals surface area contributed by atoms with E-state index >= 15 is 0 Å². The van der Waals surface area contributed by atoms with E-state index < -0.39 is 0 Å². The van der Waals surface area contributed by atoms with E-state index in [1.54, 1.807) is 23.9 Å². The molecule has 1 aliphatic heterocycles. The van der Waals surface area contributed by atoms with E-state index in [-0.39, 0.29) is 11.4 Å². The average molecular weight is 397 g/mol. The van der Waals surface area contributed by atoms with E-state index in [0.717, 1.165) is 22.8 Å². The molecule has 4 nitrogen and oxygen atoms in total. The molecule has 3 aromatic rings. The number of nitrogens with zero attached hydrogens (tertiary/aromatic N) is 1. The first-order valence-corrected chi connectivity index (χ1v) is 9.99. The second-order valence-corrected chi connectivity index (χ2v) is 7.60. The summed E-state index contributed by atoms with van der Waals surface area (Å²) < 4.78 is 0. The quantitative estimate of drug-likeness (QED) is 0.346. The van der Waals surface area contributed by atoms with Crippen LogP contribution in [-0.2, 0) is 0 Å². The van der Waals surface area contributed by atoms with Gasteiger partial charge in [0, 0.05) is 21.2 Å². The van der Waals surface area contributed by atoms with Crippen molar-refractivity contribution in [3.63, 3.8) is 0 Å². The lowest BCUT2D eigenvalue weighted by Gasteiger charge is -2.34. The largest absolute Gasteiger partial charge is 0.399 e. The smallest absolute Gasteiger partial charge is 0.0810 e. The molecule has 1 aliphatic carbocycles. The molecular weight excluding hydrogens is 376 g/mol. The zero-order valence-electron chi connectivity index (χ0n) is 15.7. The van der Waals surface area contributed by atoms with Crippen molar-refractivity contribution in [2.45, 2.75) is 9.79 Å². The number of para-hydroxylation sites is 3. The van der Waals surface area contributed by atoms with Crippen LogP contribution in [0.25, 0.3) is 0 Å². The maximum absolute atomic E-state index is 7.93. The Morgan fingerprint density at radius 1 is 0.655 bits per heavy atom. The summed E-state index contributed by atoms with van der Waals surface area (Å²) in [5, 5.41) is 15.6. The third-order valence-electron chi connectivity index (χ3n) is 4.49. The van der Waals surface area contributed by atoms with Gasteiger partial charge in [-0.25, -0.2) is 0 Å². The summed E-state index contributed by atoms with van der Waals surface area (Å²) in [6.45, 7) is 0. The number of hydrogen-bond acceptors (Lipinski definition) is 5. The minimum absolute atomic E-state index is 0.241. The Bertz CT molecular complexity index is 1090. The molecule has 2 aliphatic rings. The van der Waals surface area contributed by atoms with Crippen molar-refractivity contribution in [2.75, 3.05) is 10.6 Å². The standard InChI is InChI=1S/C18H13N3S.C6H7N/c19-13-10-9-12(11-14(13)20)21-15-5-1-3-7-17(15)22-18-8-4-2-6-16(18)21;7-6-4-2-1-3-5-6/h1-11,19-20H;1-5H,7H2. The third-order valence-corrected chi connectivity index (χ3v) is 5.62. The summed E-state index contributed by atoms with van der Waals surface area (Å²) in [5.41, 5.74) is 9.81. The number of anilines is 3. The Morgan fingerprint density at radius 3 is 1.72 bits per heavy atom. The van der Waals surface area contributed by atoms with Crippen molar-refractivity contribution >= 4 is 40.2 Å². The summed E-state index contributed by atoms with van der Waals surface area (Å²) >= 11 is 1.76. The number of benzene rings is 3. The Hall–Kier alpha value is -3.57. The van der Waals surface area contributed by atoms with Crippen molar-refractivity contribution in [3.05, 3.63) is 103 Å². The lowest BCUT2D eigenvalue weighted by Crippen LogP contribution is -2.23. The number of fused-ring (bicyclic) bond motifs is 2. The highest BCUT2D eigenvalue weighted by Crippen LogP contribution is 2.49. The van der Waals surface area contributed by atoms with Crippen molar-refractivity contribution in [2.24, 2.45) is 0 Å². The van der Waals surface area contributed by atoms with Crippen molar-refractivity contribution in [3.8, 4) is 0 Å². The molecule has 29 heavy (non-hydrogen) atoms. The molecule has 0 saturated heterocycles. The Labute approximate surface area is 174 Å². The topological polar surface area (TPSA) is 77.0 Å². The van der Waals surface area contributed by atoms with Crippen molar-refractivity contribution < 1.29 is 0 Å². The first kappa shape index (κ1) is 18.8. The molecule has 0 unspecified atom stereocenters. The van der Waals surface area contributed by atoms with Crippen LogP contribution in [0.3, 0.4) is 0 Å². The molecular formula is C24H20N4S. The van der Waals surface area contributed by atoms with Crippen molar-refractivity contribution in [1.82, 2.24) is 0 Å². The summed E-state index contributed by atoms with van der Waals surface area (Å²) in [6.07, 6.45) is 5.35. The highest BCUT2D eigenvalue weighted by Gasteiger charge is 2.25. The molecule has 0 saturated carbocycles. The molecule has 0 fully saturated rings. The van der Waals surface area contributed by atoms with Gasteiger partial charge < -0.3 is 10.6 Å². The van der Waals surface area contributed by atoms with Crippen LogP contribution in [-0.4, -0.2) is 11.4 Å². The SMILES string of the molecule is N=C1C=CC(N2c3ccccc3Sc3ccccc32)=CC1=N.Nc1ccccc1. The van der Waals surface area contributed by atoms with E-state index in [2.05, 4.69) is 29.2 Å². The van der Waals surface area contributed by atoms with Gasteiger partial charge in [-0.2, -0.15) is 0 Å². The van der Waals surface area contributed by atoms with Gasteiger partial charge in [0.05, 0.1) is 22.8 Å². The maximum atomic E-state index is 7.93. The third kappa shape index (κ3) is 4.00. The fourth-order valence-corrected chi connectivity index (χ4v) is 4.17. The van der Waals surface area contributed by atoms with E-state index in [0.29, 0.717) is 0 Å². The van der Waals surface area contributed by atoms with Crippen molar-refractivity contribution in [1.29, 1.82) is 10.8 Å². The van der Waals surface area contributed by atoms with Crippen LogP contribution in [0.4, 0.5) is 17.1 Å². The fraction of sp³-hybridized carbons (Fsp3) is 0. The molecule has 0 aromatic heterocycles. The van der Waals surface area contributed by atoms with Gasteiger partial charge in [0.2, 0.25) is 0 Å². The second-order valence-electron chi connectivity index (χ2n) is 6.51. The molecule has 4 N–H and O–H groups in total. The lowest BCUT2D eigenvalue weighted by molar-refractivity contribution is 1.12. The van der Waals surface area contributed by atoms with Gasteiger partial charge in [0.25, 0.3) is 0 Å². The molecule has 0 spiro atoms. The number of nitrogens with one attached hydrogen (secondary N) is 2. The molecule has 1 heterocycles. The van der Waals surface area contributed by atoms with Crippen LogP contribution >= 0.6 is 11.8 Å². The molecule has 0 amide bonds. The summed E-state index contributed by atoms with van der Waals surface area (Å²) in [4.78, 5) is 4.56. The Balaban J connectivity index is 0.000000249. The summed E-state index contributed by atoms with van der Waals surface area (Å²) in [5.74, 6) is 0. The summed E-state index contributed by atoms with van der Waals surface area (Å²) in [6, 6.07) is 26.0. The van der Waals surface area contributed by atoms with E-state index in [4.69, 9.17) is 16.6 Å². The minimum atomic E-state index is 0.241. The molecule has 0 atom stereocenters. The zero-order valence-corrected chi connectivity index (χ0v) is 16.5. The van der Waals surface area contributed by atoms with Crippen LogP contribution in [0.2, 0.25) is 0 Å². The monoisotopic (exact) mass is 396 g/mol. The van der Waals surface area contributed by atoms with Gasteiger partial charge >= 0.3 is 0 Å². The Morgan fingerprint density at radius 2 is 1.21 bits per heavy atom. The average Bonchev–Trinajstić information content (AvgIpc) is 2.75. The number of nitrogen functional groups attached to an aromatic ring is 1. The predicted molar refractivity (Wildman–Crippen MR) is 123 cm³/mol. The van der Waals surface area contributed by atoms with Crippen LogP contribution in [0.1, 0.15) is 0 Å². The van der Waals surface area contributed by atoms with Gasteiger partial charge in [-0.05, 0) is 54.6 Å². The van der Waals surface area contributed by atoms with Gasteiger partial charge in [-0.15, -0.1) is 0 Å². The van der Waals surface area contributed by atoms with Crippen LogP contribution in [0.15, 0.2) is 113 Å². The van der Waals surface area contributed by atoms with Gasteiger partial charge in [0.1, 0.15) is 0 Å². The van der Waals surface area contributed by atoms with E-state index in [1.165, 1.54) is 9.79 Å². The lowest BCUT2D eigenvalue weighted by atomic mass is 10.1. The minimum Gasteiger partial charge on any atom is -0.399 e. The first-order valence-electron chi connectivity index (χ1n) is 9.17. The Kier molecular flexibility index (Phi) is 5.31. The number of hydrogen-bond donors (Lipinski definition) is 3. The molecule has 3 aromatic carbocycles. The second kappa shape index (κ2) is 8.20. The highest BCUT2D eigenvalue weighted by molar-refractivity contribution is 7.99. The summed E-state index contributed by atoms with van der Waals surface area (Å²) in [7, 11) is 0. The van der Waals surface area contributed by atoms with Gasteiger partial charge in [0.15, 0.2) is 0 Å². The molecule has 5 rings (SSSR count). The number of allylic oxidation sites excluding steroid dienone is 3. The zero-order chi connectivity index (χ0) is 20.2.